The number of carbonyl (C=O) groups is 1. The lowest BCUT2D eigenvalue weighted by atomic mass is 10.1. The first kappa shape index (κ1) is 20.1. The molecule has 1 fully saturated rings. The predicted octanol–water partition coefficient (Wildman–Crippen LogP) is 3.38. The Morgan fingerprint density at radius 3 is 2.35 bits per heavy atom. The fraction of sp³-hybridized carbons (Fsp3) is 0.160. The van der Waals surface area contributed by atoms with E-state index < -0.39 is 0 Å². The third-order valence-electron chi connectivity index (χ3n) is 6.11. The van der Waals surface area contributed by atoms with Crippen molar-refractivity contribution in [1.82, 2.24) is 29.9 Å². The first-order valence-electron chi connectivity index (χ1n) is 11.2. The van der Waals surface area contributed by atoms with Crippen LogP contribution >= 0.6 is 0 Å². The number of aromatic nitrogens is 5. The molecule has 0 atom stereocenters. The Kier molecular flexibility index (Phi) is 4.99. The number of tetrazole rings is 1. The van der Waals surface area contributed by atoms with Crippen LogP contribution in [0, 0.1) is 0 Å². The molecule has 3 heterocycles. The third-order valence-corrected chi connectivity index (χ3v) is 6.11. The molecular formula is C25H22N8O. The molecule has 1 aliphatic heterocycles. The molecule has 168 valence electrons. The number of benzene rings is 3. The van der Waals surface area contributed by atoms with Gasteiger partial charge in [-0.1, -0.05) is 30.3 Å². The van der Waals surface area contributed by atoms with Crippen LogP contribution in [0.5, 0.6) is 0 Å². The molecule has 1 N–H and O–H groups in total. The zero-order valence-corrected chi connectivity index (χ0v) is 18.4. The Labute approximate surface area is 195 Å². The van der Waals surface area contributed by atoms with Gasteiger partial charge >= 0.3 is 0 Å². The van der Waals surface area contributed by atoms with Crippen molar-refractivity contribution in [3.63, 3.8) is 0 Å². The Morgan fingerprint density at radius 1 is 0.824 bits per heavy atom. The number of anilines is 3. The van der Waals surface area contributed by atoms with Gasteiger partial charge in [0, 0.05) is 43.1 Å². The van der Waals surface area contributed by atoms with Crippen molar-refractivity contribution >= 4 is 39.8 Å². The fourth-order valence-corrected chi connectivity index (χ4v) is 4.31. The minimum atomic E-state index is 0.0483. The molecule has 1 amide bonds. The average molecular weight is 451 g/mol. The molecule has 0 aliphatic carbocycles. The van der Waals surface area contributed by atoms with Crippen LogP contribution in [-0.2, 0) is 0 Å². The van der Waals surface area contributed by atoms with Crippen LogP contribution in [0.2, 0.25) is 0 Å². The van der Waals surface area contributed by atoms with Crippen molar-refractivity contribution < 1.29 is 4.79 Å². The highest BCUT2D eigenvalue weighted by atomic mass is 16.2. The van der Waals surface area contributed by atoms with Gasteiger partial charge in [0.15, 0.2) is 5.82 Å². The normalized spacial score (nSPS) is 14.0. The van der Waals surface area contributed by atoms with Crippen molar-refractivity contribution in [2.45, 2.75) is 0 Å². The predicted molar refractivity (Wildman–Crippen MR) is 130 cm³/mol. The number of nitrogens with one attached hydrogen (secondary N) is 1. The highest BCUT2D eigenvalue weighted by Crippen LogP contribution is 2.23. The van der Waals surface area contributed by atoms with E-state index in [0.29, 0.717) is 30.1 Å². The Balaban J connectivity index is 1.16. The van der Waals surface area contributed by atoms with E-state index in [0.717, 1.165) is 29.8 Å². The maximum atomic E-state index is 13.0. The second-order valence-electron chi connectivity index (χ2n) is 8.18. The molecule has 0 unspecified atom stereocenters. The molecule has 0 bridgehead atoms. The maximum absolute atomic E-state index is 13.0. The van der Waals surface area contributed by atoms with E-state index in [4.69, 9.17) is 0 Å². The number of carbonyl (C=O) groups excluding carboxylic acids is 1. The highest BCUT2D eigenvalue weighted by molar-refractivity contribution is 5.95. The maximum Gasteiger partial charge on any atom is 0.253 e. The van der Waals surface area contributed by atoms with Gasteiger partial charge in [0.25, 0.3) is 5.91 Å². The van der Waals surface area contributed by atoms with Crippen molar-refractivity contribution in [2.24, 2.45) is 0 Å². The monoisotopic (exact) mass is 450 g/mol. The fourth-order valence-electron chi connectivity index (χ4n) is 4.31. The Hall–Kier alpha value is -4.53. The van der Waals surface area contributed by atoms with E-state index in [1.165, 1.54) is 5.69 Å². The molecule has 5 aromatic rings. The van der Waals surface area contributed by atoms with Crippen LogP contribution in [0.25, 0.3) is 16.7 Å². The van der Waals surface area contributed by atoms with Crippen LogP contribution in [0.1, 0.15) is 10.4 Å². The van der Waals surface area contributed by atoms with E-state index in [1.807, 2.05) is 71.6 Å². The SMILES string of the molecule is O=C(c1ccc(Nc2nc3ccccc3n3nnnc23)cc1)N1CCN(c2ccccc2)CC1. The molecule has 0 spiro atoms. The van der Waals surface area contributed by atoms with Gasteiger partial charge in [-0.05, 0) is 59.0 Å². The van der Waals surface area contributed by atoms with E-state index in [1.54, 1.807) is 4.52 Å². The zero-order valence-electron chi connectivity index (χ0n) is 18.4. The van der Waals surface area contributed by atoms with E-state index in [2.05, 4.69) is 42.9 Å². The minimum absolute atomic E-state index is 0.0483. The smallest absolute Gasteiger partial charge is 0.253 e. The summed E-state index contributed by atoms with van der Waals surface area (Å²) in [6.07, 6.45) is 0. The van der Waals surface area contributed by atoms with Crippen LogP contribution in [0.3, 0.4) is 0 Å². The largest absolute Gasteiger partial charge is 0.368 e. The molecule has 34 heavy (non-hydrogen) atoms. The van der Waals surface area contributed by atoms with E-state index in [9.17, 15) is 4.79 Å². The summed E-state index contributed by atoms with van der Waals surface area (Å²) < 4.78 is 1.66. The Morgan fingerprint density at radius 2 is 1.56 bits per heavy atom. The molecule has 9 heteroatoms. The number of hydrogen-bond acceptors (Lipinski definition) is 7. The van der Waals surface area contributed by atoms with Gasteiger partial charge in [-0.15, -0.1) is 5.10 Å². The number of hydrogen-bond donors (Lipinski definition) is 1. The molecule has 1 saturated heterocycles. The average Bonchev–Trinajstić information content (AvgIpc) is 3.40. The summed E-state index contributed by atoms with van der Waals surface area (Å²) in [5.41, 5.74) is 4.82. The number of para-hydroxylation sites is 3. The summed E-state index contributed by atoms with van der Waals surface area (Å²) in [6.45, 7) is 3.05. The molecule has 0 radical (unpaired) electrons. The van der Waals surface area contributed by atoms with E-state index in [-0.39, 0.29) is 5.91 Å². The summed E-state index contributed by atoms with van der Waals surface area (Å²) in [5, 5.41) is 15.3. The van der Waals surface area contributed by atoms with Crippen LogP contribution in [0.15, 0.2) is 78.9 Å². The number of nitrogens with zero attached hydrogens (tertiary/aromatic N) is 7. The Bertz CT molecular complexity index is 1460. The second-order valence-corrected chi connectivity index (χ2v) is 8.18. The molecule has 2 aromatic heterocycles. The molecular weight excluding hydrogens is 428 g/mol. The van der Waals surface area contributed by atoms with Gasteiger partial charge in [0.05, 0.1) is 11.0 Å². The van der Waals surface area contributed by atoms with Crippen molar-refractivity contribution in [1.29, 1.82) is 0 Å². The van der Waals surface area contributed by atoms with Crippen molar-refractivity contribution in [3.05, 3.63) is 84.4 Å². The lowest BCUT2D eigenvalue weighted by Gasteiger charge is -2.36. The molecule has 1 aliphatic rings. The topological polar surface area (TPSA) is 91.5 Å². The number of amides is 1. The first-order chi connectivity index (χ1) is 16.8. The summed E-state index contributed by atoms with van der Waals surface area (Å²) in [5.74, 6) is 0.604. The quantitative estimate of drug-likeness (QED) is 0.449. The summed E-state index contributed by atoms with van der Waals surface area (Å²) >= 11 is 0. The molecule has 6 rings (SSSR count). The number of fused-ring (bicyclic) bond motifs is 3. The van der Waals surface area contributed by atoms with Gasteiger partial charge in [0.1, 0.15) is 0 Å². The lowest BCUT2D eigenvalue weighted by molar-refractivity contribution is 0.0747. The molecule has 3 aromatic carbocycles. The van der Waals surface area contributed by atoms with Gasteiger partial charge in [-0.25, -0.2) is 4.98 Å². The molecule has 0 saturated carbocycles. The number of rotatable bonds is 4. The van der Waals surface area contributed by atoms with Gasteiger partial charge in [-0.2, -0.15) is 4.52 Å². The number of piperazine rings is 1. The van der Waals surface area contributed by atoms with Gasteiger partial charge < -0.3 is 15.1 Å². The first-order valence-corrected chi connectivity index (χ1v) is 11.2. The van der Waals surface area contributed by atoms with Crippen LogP contribution < -0.4 is 10.2 Å². The van der Waals surface area contributed by atoms with E-state index >= 15 is 0 Å². The van der Waals surface area contributed by atoms with Crippen LogP contribution in [-0.4, -0.2) is 62.0 Å². The zero-order chi connectivity index (χ0) is 22.9. The lowest BCUT2D eigenvalue weighted by Crippen LogP contribution is -2.48. The van der Waals surface area contributed by atoms with Gasteiger partial charge in [0.2, 0.25) is 5.65 Å². The molecule has 9 nitrogen and oxygen atoms in total. The second kappa shape index (κ2) is 8.43. The minimum Gasteiger partial charge on any atom is -0.368 e. The standard InChI is InChI=1S/C25H22N8O/c34-25(32-16-14-31(15-17-32)20-6-2-1-3-7-20)18-10-12-19(13-11-18)26-23-24-28-29-30-33(24)22-9-5-4-8-21(22)27-23/h1-13H,14-17H2,(H,26,27). The third kappa shape index (κ3) is 3.66. The summed E-state index contributed by atoms with van der Waals surface area (Å²) in [7, 11) is 0. The summed E-state index contributed by atoms with van der Waals surface area (Å²) in [6, 6.07) is 25.5. The van der Waals surface area contributed by atoms with Gasteiger partial charge in [-0.3, -0.25) is 4.79 Å². The highest BCUT2D eigenvalue weighted by Gasteiger charge is 2.22. The van der Waals surface area contributed by atoms with Crippen molar-refractivity contribution in [3.8, 4) is 0 Å². The summed E-state index contributed by atoms with van der Waals surface area (Å²) in [4.78, 5) is 22.0. The van der Waals surface area contributed by atoms with Crippen LogP contribution in [0.4, 0.5) is 17.2 Å². The van der Waals surface area contributed by atoms with Crippen molar-refractivity contribution in [2.75, 3.05) is 36.4 Å².